The Morgan fingerprint density at radius 2 is 2.02 bits per heavy atom. The highest BCUT2D eigenvalue weighted by atomic mass is 19.1. The standard InChI is InChI=1S/C34H38FN3O2/c1-4-22-15-21(11-12-25(22)31(39)18-30(37)27-17-29(27)36)16-23-9-7-5-6-8-10-26-28(19-38-34(23)26)24-13-14-32(40-3)33(35)20(24)2/h5-6,9,11-15,19,26-27,29,37H,4,7-8,10,16-18,36H2,1-3H3/b6-5-,23-9+,37-30?/t26?,27-,29+/m1/s1. The third-order valence-corrected chi connectivity index (χ3v) is 8.43. The van der Waals surface area contributed by atoms with Gasteiger partial charge in [-0.1, -0.05) is 49.4 Å². The fraction of sp³-hybridized carbons (Fsp3) is 0.382. The van der Waals surface area contributed by atoms with Gasteiger partial charge in [0.15, 0.2) is 17.3 Å². The summed E-state index contributed by atoms with van der Waals surface area (Å²) in [5, 5.41) is 8.25. The minimum Gasteiger partial charge on any atom is -0.494 e. The van der Waals surface area contributed by atoms with Crippen LogP contribution < -0.4 is 10.5 Å². The maximum Gasteiger partial charge on any atom is 0.168 e. The summed E-state index contributed by atoms with van der Waals surface area (Å²) in [5.74, 6) is 0.0577. The van der Waals surface area contributed by atoms with Crippen molar-refractivity contribution in [3.8, 4) is 5.75 Å². The van der Waals surface area contributed by atoms with E-state index in [1.807, 2.05) is 24.4 Å². The fourth-order valence-electron chi connectivity index (χ4n) is 5.96. The number of nitrogens with one attached hydrogen (secondary N) is 1. The molecule has 5 nitrogen and oxygen atoms in total. The number of ether oxygens (including phenoxy) is 1. The lowest BCUT2D eigenvalue weighted by molar-refractivity contribution is 0.0999. The van der Waals surface area contributed by atoms with Crippen LogP contribution in [0.1, 0.15) is 71.6 Å². The molecule has 3 atom stereocenters. The lowest BCUT2D eigenvalue weighted by atomic mass is 9.82. The van der Waals surface area contributed by atoms with Gasteiger partial charge in [0.05, 0.1) is 12.8 Å². The number of hydrogen-bond donors (Lipinski definition) is 2. The topological polar surface area (TPSA) is 88.5 Å². The normalized spacial score (nSPS) is 23.9. The van der Waals surface area contributed by atoms with Crippen LogP contribution in [0.2, 0.25) is 0 Å². The van der Waals surface area contributed by atoms with Crippen molar-refractivity contribution in [1.82, 2.24) is 0 Å². The highest BCUT2D eigenvalue weighted by Crippen LogP contribution is 2.40. The van der Waals surface area contributed by atoms with Crippen LogP contribution in [-0.4, -0.2) is 30.4 Å². The van der Waals surface area contributed by atoms with E-state index in [2.05, 4.69) is 31.2 Å². The largest absolute Gasteiger partial charge is 0.494 e. The average molecular weight is 540 g/mol. The van der Waals surface area contributed by atoms with Crippen molar-refractivity contribution in [2.45, 2.75) is 64.8 Å². The Kier molecular flexibility index (Phi) is 8.27. The zero-order valence-corrected chi connectivity index (χ0v) is 23.6. The summed E-state index contributed by atoms with van der Waals surface area (Å²) in [7, 11) is 1.48. The van der Waals surface area contributed by atoms with E-state index in [9.17, 15) is 9.18 Å². The minimum atomic E-state index is -0.329. The zero-order valence-electron chi connectivity index (χ0n) is 23.6. The average Bonchev–Trinajstić information content (AvgIpc) is 3.52. The monoisotopic (exact) mass is 539 g/mol. The number of allylic oxidation sites excluding steroid dienone is 5. The molecular weight excluding hydrogens is 501 g/mol. The first-order chi connectivity index (χ1) is 19.3. The molecule has 2 aromatic rings. The zero-order chi connectivity index (χ0) is 28.4. The summed E-state index contributed by atoms with van der Waals surface area (Å²) in [5.41, 5.74) is 13.9. The number of nitrogens with zero attached hydrogens (tertiary/aromatic N) is 1. The number of halogens is 1. The molecule has 0 spiro atoms. The Bertz CT molecular complexity index is 1470. The highest BCUT2D eigenvalue weighted by Gasteiger charge is 2.37. The summed E-state index contributed by atoms with van der Waals surface area (Å²) < 4.78 is 20.1. The van der Waals surface area contributed by atoms with Crippen LogP contribution in [-0.2, 0) is 12.8 Å². The van der Waals surface area contributed by atoms with E-state index in [1.165, 1.54) is 12.7 Å². The maximum absolute atomic E-state index is 15.0. The number of carbonyl (C=O) groups is 1. The van der Waals surface area contributed by atoms with Crippen LogP contribution in [0.5, 0.6) is 5.75 Å². The lowest BCUT2D eigenvalue weighted by Gasteiger charge is -2.21. The van der Waals surface area contributed by atoms with Crippen LogP contribution in [0.4, 0.5) is 4.39 Å². The molecular formula is C34H38FN3O2. The van der Waals surface area contributed by atoms with Gasteiger partial charge < -0.3 is 15.9 Å². The van der Waals surface area contributed by atoms with Crippen molar-refractivity contribution >= 4 is 22.8 Å². The third kappa shape index (κ3) is 5.64. The van der Waals surface area contributed by atoms with Crippen LogP contribution in [0.15, 0.2) is 65.3 Å². The Morgan fingerprint density at radius 1 is 1.23 bits per heavy atom. The predicted octanol–water partition coefficient (Wildman–Crippen LogP) is 6.97. The number of benzene rings is 2. The van der Waals surface area contributed by atoms with Crippen molar-refractivity contribution in [3.63, 3.8) is 0 Å². The van der Waals surface area contributed by atoms with Gasteiger partial charge in [0.2, 0.25) is 0 Å². The van der Waals surface area contributed by atoms with E-state index < -0.39 is 0 Å². The smallest absolute Gasteiger partial charge is 0.168 e. The second kappa shape index (κ2) is 11.8. The summed E-state index contributed by atoms with van der Waals surface area (Å²) in [6, 6.07) is 9.75. The van der Waals surface area contributed by atoms with Crippen molar-refractivity contribution < 1.29 is 13.9 Å². The summed E-state index contributed by atoms with van der Waals surface area (Å²) in [6.07, 6.45) is 13.6. The Labute approximate surface area is 236 Å². The first-order valence-corrected chi connectivity index (χ1v) is 14.3. The number of fused-ring (bicyclic) bond motifs is 1. The molecule has 6 heteroatoms. The molecule has 1 heterocycles. The van der Waals surface area contributed by atoms with Gasteiger partial charge in [-0.05, 0) is 84.9 Å². The molecule has 1 fully saturated rings. The molecule has 0 bridgehead atoms. The first-order valence-electron chi connectivity index (χ1n) is 14.3. The molecule has 2 aromatic carbocycles. The van der Waals surface area contributed by atoms with Crippen molar-refractivity contribution in [3.05, 3.63) is 94.0 Å². The van der Waals surface area contributed by atoms with Gasteiger partial charge in [-0.3, -0.25) is 9.79 Å². The number of ketones is 1. The number of nitrogens with two attached hydrogens (primary N) is 1. The number of carbonyl (C=O) groups excluding carboxylic acids is 1. The Morgan fingerprint density at radius 3 is 2.75 bits per heavy atom. The van der Waals surface area contributed by atoms with Gasteiger partial charge in [0.1, 0.15) is 0 Å². The van der Waals surface area contributed by atoms with Crippen molar-refractivity contribution in [2.24, 2.45) is 22.6 Å². The van der Waals surface area contributed by atoms with Gasteiger partial charge in [-0.25, -0.2) is 4.39 Å². The summed E-state index contributed by atoms with van der Waals surface area (Å²) in [6.45, 7) is 3.86. The minimum absolute atomic E-state index is 0.00420. The van der Waals surface area contributed by atoms with Gasteiger partial charge in [-0.15, -0.1) is 0 Å². The number of rotatable bonds is 9. The number of hydrogen-bond acceptors (Lipinski definition) is 5. The van der Waals surface area contributed by atoms with Crippen molar-refractivity contribution in [2.75, 3.05) is 7.11 Å². The van der Waals surface area contributed by atoms with Gasteiger partial charge >= 0.3 is 0 Å². The molecule has 208 valence electrons. The maximum atomic E-state index is 15.0. The molecule has 0 saturated heterocycles. The molecule has 3 N–H and O–H groups in total. The first kappa shape index (κ1) is 27.9. The number of methoxy groups -OCH3 is 1. The Balaban J connectivity index is 1.38. The van der Waals surface area contributed by atoms with Crippen molar-refractivity contribution in [1.29, 1.82) is 5.41 Å². The second-order valence-corrected chi connectivity index (χ2v) is 11.1. The third-order valence-electron chi connectivity index (χ3n) is 8.43. The van der Waals surface area contributed by atoms with Crippen LogP contribution >= 0.6 is 0 Å². The molecule has 2 aliphatic carbocycles. The molecule has 40 heavy (non-hydrogen) atoms. The molecule has 0 aromatic heterocycles. The predicted molar refractivity (Wildman–Crippen MR) is 160 cm³/mol. The summed E-state index contributed by atoms with van der Waals surface area (Å²) >= 11 is 0. The SMILES string of the molecule is CCc1cc(C/C2=C\C/C=C\CCC3C(c4ccc(OC)c(F)c4C)=CN=C23)ccc1C(=O)CC(=N)[C@@H]1C[C@@H]1N. The fourth-order valence-corrected chi connectivity index (χ4v) is 5.96. The quantitative estimate of drug-likeness (QED) is 0.205. The van der Waals surface area contributed by atoms with E-state index in [4.69, 9.17) is 20.9 Å². The molecule has 1 aliphatic heterocycles. The second-order valence-electron chi connectivity index (χ2n) is 11.1. The number of aryl methyl sites for hydroxylation is 1. The van der Waals surface area contributed by atoms with Gasteiger partial charge in [-0.2, -0.15) is 0 Å². The van der Waals surface area contributed by atoms with E-state index in [0.717, 1.165) is 60.1 Å². The lowest BCUT2D eigenvalue weighted by Crippen LogP contribution is -2.18. The van der Waals surface area contributed by atoms with Gasteiger partial charge in [0.25, 0.3) is 0 Å². The van der Waals surface area contributed by atoms with Crippen LogP contribution in [0.3, 0.4) is 0 Å². The van der Waals surface area contributed by atoms with Gasteiger partial charge in [0, 0.05) is 41.8 Å². The van der Waals surface area contributed by atoms with E-state index in [1.54, 1.807) is 13.0 Å². The number of aliphatic imine (C=N–C) groups is 1. The highest BCUT2D eigenvalue weighted by molar-refractivity contribution is 6.12. The van der Waals surface area contributed by atoms with Crippen LogP contribution in [0.25, 0.3) is 5.57 Å². The Hall–Kier alpha value is -3.64. The summed E-state index contributed by atoms with van der Waals surface area (Å²) in [4.78, 5) is 18.0. The van der Waals surface area contributed by atoms with E-state index in [-0.39, 0.29) is 41.6 Å². The molecule has 0 radical (unpaired) electrons. The van der Waals surface area contributed by atoms with E-state index in [0.29, 0.717) is 23.3 Å². The molecule has 5 rings (SSSR count). The number of Topliss-reactive ketones (excluding diaryl/α,β-unsaturated/α-hetero) is 1. The molecule has 3 aliphatic rings. The molecule has 0 amide bonds. The molecule has 1 saturated carbocycles. The van der Waals surface area contributed by atoms with Crippen LogP contribution in [0, 0.1) is 30.0 Å². The van der Waals surface area contributed by atoms with E-state index >= 15 is 0 Å². The molecule has 1 unspecified atom stereocenters.